The highest BCUT2D eigenvalue weighted by Crippen LogP contribution is 2.20. The molecule has 1 saturated heterocycles. The summed E-state index contributed by atoms with van der Waals surface area (Å²) in [4.78, 5) is 25.9. The van der Waals surface area contributed by atoms with Crippen LogP contribution in [0, 0.1) is 0 Å². The van der Waals surface area contributed by atoms with Crippen molar-refractivity contribution < 1.29 is 14.3 Å². The van der Waals surface area contributed by atoms with Crippen molar-refractivity contribution in [2.45, 2.75) is 32.9 Å². The van der Waals surface area contributed by atoms with E-state index in [0.29, 0.717) is 5.02 Å². The zero-order valence-electron chi connectivity index (χ0n) is 15.2. The Morgan fingerprint density at radius 3 is 2.41 bits per heavy atom. The zero-order valence-corrected chi connectivity index (χ0v) is 16.0. The maximum Gasteiger partial charge on any atom is 0.329 e. The normalized spacial score (nSPS) is 16.6. The lowest BCUT2D eigenvalue weighted by atomic mass is 10.1. The Morgan fingerprint density at radius 2 is 1.78 bits per heavy atom. The van der Waals surface area contributed by atoms with E-state index < -0.39 is 6.03 Å². The third-order valence-corrected chi connectivity index (χ3v) is 4.57. The Kier molecular flexibility index (Phi) is 5.81. The number of halogens is 1. The second kappa shape index (κ2) is 8.27. The molecule has 1 heterocycles. The molecule has 27 heavy (non-hydrogen) atoms. The lowest BCUT2D eigenvalue weighted by Gasteiger charge is -2.12. The number of rotatable bonds is 6. The van der Waals surface area contributed by atoms with Crippen LogP contribution in [0.1, 0.15) is 31.4 Å². The Hall–Kier alpha value is -2.79. The quantitative estimate of drug-likeness (QED) is 0.584. The highest BCUT2D eigenvalue weighted by Gasteiger charge is 2.33. The summed E-state index contributed by atoms with van der Waals surface area (Å²) >= 11 is 5.87. The summed E-state index contributed by atoms with van der Waals surface area (Å²) in [6.45, 7) is 4.27. The number of imide groups is 1. The van der Waals surface area contributed by atoms with Gasteiger partial charge >= 0.3 is 6.03 Å². The van der Waals surface area contributed by atoms with E-state index in [4.69, 9.17) is 16.3 Å². The molecule has 0 saturated carbocycles. The van der Waals surface area contributed by atoms with Crippen LogP contribution in [0.15, 0.2) is 54.2 Å². The van der Waals surface area contributed by atoms with Crippen molar-refractivity contribution in [3.8, 4) is 5.75 Å². The lowest BCUT2D eigenvalue weighted by molar-refractivity contribution is -0.123. The average molecular weight is 385 g/mol. The van der Waals surface area contributed by atoms with Crippen LogP contribution in [0.25, 0.3) is 6.08 Å². The second-order valence-electron chi connectivity index (χ2n) is 6.41. The molecule has 0 unspecified atom stereocenters. The number of hydrogen-bond donors (Lipinski definition) is 1. The van der Waals surface area contributed by atoms with Gasteiger partial charge in [0.05, 0.1) is 12.6 Å². The minimum absolute atomic E-state index is 0.145. The molecule has 0 bridgehead atoms. The molecule has 0 spiro atoms. The fourth-order valence-corrected chi connectivity index (χ4v) is 2.74. The molecule has 2 aromatic rings. The van der Waals surface area contributed by atoms with Crippen molar-refractivity contribution in [3.63, 3.8) is 0 Å². The van der Waals surface area contributed by atoms with Crippen LogP contribution in [0.2, 0.25) is 5.02 Å². The molecule has 0 radical (unpaired) electrons. The molecule has 1 fully saturated rings. The van der Waals surface area contributed by atoms with Crippen LogP contribution >= 0.6 is 11.6 Å². The molecular weight excluding hydrogens is 364 g/mol. The first-order valence-corrected chi connectivity index (χ1v) is 9.19. The van der Waals surface area contributed by atoms with Crippen molar-refractivity contribution in [2.24, 2.45) is 0 Å². The molecule has 6 heteroatoms. The summed E-state index contributed by atoms with van der Waals surface area (Å²) in [7, 11) is 0. The van der Waals surface area contributed by atoms with E-state index in [9.17, 15) is 9.59 Å². The minimum Gasteiger partial charge on any atom is -0.491 e. The molecule has 3 amide bonds. The number of benzene rings is 2. The van der Waals surface area contributed by atoms with E-state index in [2.05, 4.69) is 12.2 Å². The van der Waals surface area contributed by atoms with Gasteiger partial charge in [-0.25, -0.2) is 4.79 Å². The molecule has 1 aliphatic rings. The van der Waals surface area contributed by atoms with Crippen molar-refractivity contribution in [1.82, 2.24) is 10.2 Å². The Bertz CT molecular complexity index is 860. The fraction of sp³-hybridized carbons (Fsp3) is 0.238. The first-order chi connectivity index (χ1) is 13.0. The Balaban J connectivity index is 1.71. The highest BCUT2D eigenvalue weighted by molar-refractivity contribution is 6.30. The summed E-state index contributed by atoms with van der Waals surface area (Å²) in [5.41, 5.74) is 1.89. The average Bonchev–Trinajstić information content (AvgIpc) is 2.92. The van der Waals surface area contributed by atoms with Crippen LogP contribution in [-0.4, -0.2) is 22.9 Å². The zero-order chi connectivity index (χ0) is 19.4. The molecule has 1 N–H and O–H groups in total. The molecule has 5 nitrogen and oxygen atoms in total. The van der Waals surface area contributed by atoms with Gasteiger partial charge in [-0.15, -0.1) is 0 Å². The van der Waals surface area contributed by atoms with Crippen molar-refractivity contribution in [2.75, 3.05) is 0 Å². The van der Waals surface area contributed by atoms with Gasteiger partial charge in [-0.3, -0.25) is 9.69 Å². The van der Waals surface area contributed by atoms with Gasteiger partial charge in [0.1, 0.15) is 11.4 Å². The van der Waals surface area contributed by atoms with Crippen LogP contribution < -0.4 is 10.1 Å². The molecule has 1 atom stereocenters. The van der Waals surface area contributed by atoms with E-state index in [1.807, 2.05) is 31.2 Å². The maximum atomic E-state index is 12.6. The van der Waals surface area contributed by atoms with Crippen LogP contribution in [0.3, 0.4) is 0 Å². The van der Waals surface area contributed by atoms with E-state index in [1.165, 1.54) is 4.90 Å². The number of ether oxygens (including phenoxy) is 1. The summed E-state index contributed by atoms with van der Waals surface area (Å²) in [5, 5.41) is 3.24. The number of urea groups is 1. The van der Waals surface area contributed by atoms with Gasteiger partial charge in [0.2, 0.25) is 0 Å². The van der Waals surface area contributed by atoms with Gasteiger partial charge in [-0.1, -0.05) is 42.8 Å². The Labute approximate surface area is 163 Å². The van der Waals surface area contributed by atoms with Crippen LogP contribution in [0.5, 0.6) is 5.75 Å². The van der Waals surface area contributed by atoms with Gasteiger partial charge in [0.15, 0.2) is 0 Å². The van der Waals surface area contributed by atoms with Gasteiger partial charge in [-0.2, -0.15) is 0 Å². The summed E-state index contributed by atoms with van der Waals surface area (Å²) in [6.07, 6.45) is 2.73. The van der Waals surface area contributed by atoms with Crippen LogP contribution in [0.4, 0.5) is 4.79 Å². The van der Waals surface area contributed by atoms with E-state index in [-0.39, 0.29) is 24.3 Å². The molecule has 1 aliphatic heterocycles. The first kappa shape index (κ1) is 19.0. The highest BCUT2D eigenvalue weighted by atomic mass is 35.5. The van der Waals surface area contributed by atoms with Crippen LogP contribution in [-0.2, 0) is 11.3 Å². The number of nitrogens with zero attached hydrogens (tertiary/aromatic N) is 1. The summed E-state index contributed by atoms with van der Waals surface area (Å²) in [6, 6.07) is 14.0. The smallest absolute Gasteiger partial charge is 0.329 e. The number of hydrogen-bond acceptors (Lipinski definition) is 3. The molecule has 0 aromatic heterocycles. The number of carbonyl (C=O) groups excluding carboxylic acids is 2. The van der Waals surface area contributed by atoms with Gasteiger partial charge in [0.25, 0.3) is 5.91 Å². The monoisotopic (exact) mass is 384 g/mol. The van der Waals surface area contributed by atoms with Gasteiger partial charge in [0, 0.05) is 5.02 Å². The van der Waals surface area contributed by atoms with Crippen molar-refractivity contribution in [1.29, 1.82) is 0 Å². The third-order valence-electron chi connectivity index (χ3n) is 4.32. The summed E-state index contributed by atoms with van der Waals surface area (Å²) < 4.78 is 5.74. The molecule has 140 valence electrons. The molecule has 0 aliphatic carbocycles. The van der Waals surface area contributed by atoms with E-state index >= 15 is 0 Å². The topological polar surface area (TPSA) is 58.6 Å². The van der Waals surface area contributed by atoms with E-state index in [1.54, 1.807) is 30.3 Å². The lowest BCUT2D eigenvalue weighted by Crippen LogP contribution is -2.30. The minimum atomic E-state index is -0.432. The predicted octanol–water partition coefficient (Wildman–Crippen LogP) is 4.61. The van der Waals surface area contributed by atoms with Crippen molar-refractivity contribution >= 4 is 29.6 Å². The van der Waals surface area contributed by atoms with Gasteiger partial charge in [-0.05, 0) is 54.8 Å². The standard InChI is InChI=1S/C21H21ClN2O3/c1-3-14(2)27-18-10-6-15(7-11-18)12-19-20(25)24(21(26)23-19)13-16-4-8-17(22)9-5-16/h4-12,14H,3,13H2,1-2H3,(H,23,26)/b19-12+/t14-/m0/s1. The number of nitrogens with one attached hydrogen (secondary N) is 1. The predicted molar refractivity (Wildman–Crippen MR) is 105 cm³/mol. The largest absolute Gasteiger partial charge is 0.491 e. The molecule has 3 rings (SSSR count). The molecular formula is C21H21ClN2O3. The fourth-order valence-electron chi connectivity index (χ4n) is 2.61. The van der Waals surface area contributed by atoms with E-state index in [0.717, 1.165) is 23.3 Å². The third kappa shape index (κ3) is 4.68. The Morgan fingerprint density at radius 1 is 1.11 bits per heavy atom. The summed E-state index contributed by atoms with van der Waals surface area (Å²) in [5.74, 6) is 0.424. The second-order valence-corrected chi connectivity index (χ2v) is 6.85. The maximum absolute atomic E-state index is 12.6. The molecule has 2 aromatic carbocycles. The van der Waals surface area contributed by atoms with Gasteiger partial charge < -0.3 is 10.1 Å². The number of carbonyl (C=O) groups is 2. The van der Waals surface area contributed by atoms with Crippen molar-refractivity contribution in [3.05, 3.63) is 70.4 Å². The SMILES string of the molecule is CC[C@H](C)Oc1ccc(/C=C2/NC(=O)N(Cc3ccc(Cl)cc3)C2=O)cc1. The number of amides is 3. The first-order valence-electron chi connectivity index (χ1n) is 8.82.